The summed E-state index contributed by atoms with van der Waals surface area (Å²) in [6.45, 7) is 12.6. The molecule has 0 radical (unpaired) electrons. The zero-order chi connectivity index (χ0) is 19.3. The number of carbonyl (C=O) groups is 1. The lowest BCUT2D eigenvalue weighted by Crippen LogP contribution is -2.30. The maximum Gasteiger partial charge on any atom is 0.306 e. The molecule has 1 aromatic heterocycles. The molecular formula is C18H30N2O4S. The van der Waals surface area contributed by atoms with Crippen LogP contribution in [0.2, 0.25) is 0 Å². The first-order valence-corrected chi connectivity index (χ1v) is 9.12. The minimum absolute atomic E-state index is 0.00627. The van der Waals surface area contributed by atoms with E-state index in [1.54, 1.807) is 20.3 Å². The summed E-state index contributed by atoms with van der Waals surface area (Å²) in [4.78, 5) is 20.7. The molecule has 0 aliphatic carbocycles. The smallest absolute Gasteiger partial charge is 0.306 e. The highest BCUT2D eigenvalue weighted by atomic mass is 32.2. The van der Waals surface area contributed by atoms with Gasteiger partial charge in [-0.15, -0.1) is 0 Å². The van der Waals surface area contributed by atoms with Crippen LogP contribution in [0, 0.1) is 10.8 Å². The lowest BCUT2D eigenvalue weighted by atomic mass is 9.91. The highest BCUT2D eigenvalue weighted by molar-refractivity contribution is 7.99. The molecule has 6 nitrogen and oxygen atoms in total. The van der Waals surface area contributed by atoms with E-state index in [1.165, 1.54) is 11.8 Å². The van der Waals surface area contributed by atoms with Crippen LogP contribution in [0.25, 0.3) is 0 Å². The van der Waals surface area contributed by atoms with E-state index in [0.717, 1.165) is 0 Å². The van der Waals surface area contributed by atoms with Gasteiger partial charge in [-0.2, -0.15) is 9.97 Å². The van der Waals surface area contributed by atoms with E-state index in [-0.39, 0.29) is 22.0 Å². The first-order chi connectivity index (χ1) is 11.4. The highest BCUT2D eigenvalue weighted by Crippen LogP contribution is 2.35. The van der Waals surface area contributed by atoms with Crippen LogP contribution in [0.5, 0.6) is 11.8 Å². The minimum Gasteiger partial charge on any atom is -0.481 e. The average Bonchev–Trinajstić information content (AvgIpc) is 2.48. The second kappa shape index (κ2) is 8.74. The fourth-order valence-electron chi connectivity index (χ4n) is 1.89. The van der Waals surface area contributed by atoms with Crippen LogP contribution >= 0.6 is 11.8 Å². The summed E-state index contributed by atoms with van der Waals surface area (Å²) in [5, 5.41) is 0.524. The molecule has 0 amide bonds. The Balaban J connectivity index is 2.86. The van der Waals surface area contributed by atoms with Gasteiger partial charge in [0.1, 0.15) is 6.61 Å². The van der Waals surface area contributed by atoms with Crippen LogP contribution in [0.15, 0.2) is 11.2 Å². The zero-order valence-electron chi connectivity index (χ0n) is 16.5. The first kappa shape index (κ1) is 21.5. The largest absolute Gasteiger partial charge is 0.481 e. The van der Waals surface area contributed by atoms with Crippen LogP contribution in [-0.2, 0) is 9.53 Å². The van der Waals surface area contributed by atoms with Gasteiger partial charge >= 0.3 is 5.97 Å². The third-order valence-corrected chi connectivity index (χ3v) is 4.88. The van der Waals surface area contributed by atoms with E-state index in [1.807, 2.05) is 20.8 Å². The van der Waals surface area contributed by atoms with Crippen molar-refractivity contribution in [2.45, 2.75) is 58.4 Å². The van der Waals surface area contributed by atoms with Crippen molar-refractivity contribution in [3.63, 3.8) is 0 Å². The number of thioether (sulfide) groups is 1. The number of carbonyl (C=O) groups excluding carboxylic acids is 1. The van der Waals surface area contributed by atoms with Gasteiger partial charge in [-0.25, -0.2) is 0 Å². The maximum absolute atomic E-state index is 12.0. The Bertz CT molecular complexity index is 557. The van der Waals surface area contributed by atoms with Gasteiger partial charge in [0.05, 0.1) is 32.0 Å². The van der Waals surface area contributed by atoms with Gasteiger partial charge in [0.2, 0.25) is 11.8 Å². The Morgan fingerprint density at radius 1 is 1.08 bits per heavy atom. The van der Waals surface area contributed by atoms with E-state index in [9.17, 15) is 4.79 Å². The average molecular weight is 371 g/mol. The van der Waals surface area contributed by atoms with Gasteiger partial charge in [-0.1, -0.05) is 53.3 Å². The third kappa shape index (κ3) is 7.94. The number of hydrogen-bond acceptors (Lipinski definition) is 7. The molecule has 1 aromatic rings. The molecule has 25 heavy (non-hydrogen) atoms. The maximum atomic E-state index is 12.0. The summed E-state index contributed by atoms with van der Waals surface area (Å²) in [5.41, 5.74) is -0.197. The molecule has 1 atom stereocenters. The Morgan fingerprint density at radius 2 is 1.60 bits per heavy atom. The monoisotopic (exact) mass is 370 g/mol. The van der Waals surface area contributed by atoms with E-state index in [2.05, 4.69) is 30.7 Å². The molecule has 0 aromatic carbocycles. The molecule has 142 valence electrons. The van der Waals surface area contributed by atoms with Crippen LogP contribution in [0.1, 0.15) is 48.0 Å². The van der Waals surface area contributed by atoms with Gasteiger partial charge in [-0.3, -0.25) is 4.79 Å². The lowest BCUT2D eigenvalue weighted by molar-refractivity contribution is -0.146. The SMILES string of the molecule is COc1cc(OC)nc(SC(COC(=O)CC(C)(C)C)C(C)(C)C)n1. The van der Waals surface area contributed by atoms with Gasteiger partial charge in [0, 0.05) is 0 Å². The molecule has 0 saturated carbocycles. The van der Waals surface area contributed by atoms with Crippen LogP contribution < -0.4 is 9.47 Å². The summed E-state index contributed by atoms with van der Waals surface area (Å²) < 4.78 is 15.9. The van der Waals surface area contributed by atoms with E-state index in [0.29, 0.717) is 29.9 Å². The van der Waals surface area contributed by atoms with Crippen molar-refractivity contribution in [2.24, 2.45) is 10.8 Å². The predicted octanol–water partition coefficient (Wildman–Crippen LogP) is 3.98. The normalized spacial score (nSPS) is 13.3. The van der Waals surface area contributed by atoms with Crippen molar-refractivity contribution in [1.29, 1.82) is 0 Å². The van der Waals surface area contributed by atoms with Crippen molar-refractivity contribution in [1.82, 2.24) is 9.97 Å². The number of aromatic nitrogens is 2. The van der Waals surface area contributed by atoms with Gasteiger partial charge in [0.15, 0.2) is 5.16 Å². The van der Waals surface area contributed by atoms with Gasteiger partial charge < -0.3 is 14.2 Å². The summed E-state index contributed by atoms with van der Waals surface area (Å²) in [6.07, 6.45) is 0.387. The van der Waals surface area contributed by atoms with Crippen molar-refractivity contribution < 1.29 is 19.0 Å². The van der Waals surface area contributed by atoms with Crippen LogP contribution in [-0.4, -0.2) is 42.0 Å². The standard InChI is InChI=1S/C18H30N2O4S/c1-17(2,3)10-15(21)24-11-12(18(4,5)6)25-16-19-13(22-7)9-14(20-16)23-8/h9,12H,10-11H2,1-8H3. The van der Waals surface area contributed by atoms with Gasteiger partial charge in [-0.05, 0) is 10.8 Å². The number of nitrogens with zero attached hydrogens (tertiary/aromatic N) is 2. The summed E-state index contributed by atoms with van der Waals surface area (Å²) >= 11 is 1.46. The molecule has 1 heterocycles. The van der Waals surface area contributed by atoms with Crippen LogP contribution in [0.3, 0.4) is 0 Å². The summed E-state index contributed by atoms with van der Waals surface area (Å²) in [7, 11) is 3.09. The van der Waals surface area contributed by atoms with Crippen molar-refractivity contribution in [3.05, 3.63) is 6.07 Å². The minimum atomic E-state index is -0.188. The number of methoxy groups -OCH3 is 2. The Labute approximate surface area is 155 Å². The molecule has 0 N–H and O–H groups in total. The van der Waals surface area contributed by atoms with Crippen molar-refractivity contribution >= 4 is 17.7 Å². The second-order valence-corrected chi connectivity index (χ2v) is 9.30. The molecule has 1 unspecified atom stereocenters. The van der Waals surface area contributed by atoms with Crippen molar-refractivity contribution in [2.75, 3.05) is 20.8 Å². The lowest BCUT2D eigenvalue weighted by Gasteiger charge is -2.29. The molecule has 0 fully saturated rings. The highest BCUT2D eigenvalue weighted by Gasteiger charge is 2.29. The van der Waals surface area contributed by atoms with Gasteiger partial charge in [0.25, 0.3) is 0 Å². The predicted molar refractivity (Wildman–Crippen MR) is 99.3 cm³/mol. The zero-order valence-corrected chi connectivity index (χ0v) is 17.3. The van der Waals surface area contributed by atoms with Crippen molar-refractivity contribution in [3.8, 4) is 11.8 Å². The fourth-order valence-corrected chi connectivity index (χ4v) is 2.92. The second-order valence-electron chi connectivity index (χ2n) is 8.13. The summed E-state index contributed by atoms with van der Waals surface area (Å²) in [6, 6.07) is 1.62. The topological polar surface area (TPSA) is 70.5 Å². The molecule has 0 aliphatic rings. The Morgan fingerprint density at radius 3 is 2.00 bits per heavy atom. The molecule has 0 saturated heterocycles. The van der Waals surface area contributed by atoms with E-state index in [4.69, 9.17) is 14.2 Å². The number of esters is 1. The quantitative estimate of drug-likeness (QED) is 0.408. The third-order valence-electron chi connectivity index (χ3n) is 3.36. The number of hydrogen-bond donors (Lipinski definition) is 0. The molecular weight excluding hydrogens is 340 g/mol. The molecule has 0 bridgehead atoms. The molecule has 1 rings (SSSR count). The number of ether oxygens (including phenoxy) is 3. The fraction of sp³-hybridized carbons (Fsp3) is 0.722. The molecule has 7 heteroatoms. The Hall–Kier alpha value is -1.50. The van der Waals surface area contributed by atoms with E-state index >= 15 is 0 Å². The number of rotatable bonds is 7. The summed E-state index contributed by atoms with van der Waals surface area (Å²) in [5.74, 6) is 0.685. The molecule has 0 spiro atoms. The first-order valence-electron chi connectivity index (χ1n) is 8.24. The van der Waals surface area contributed by atoms with E-state index < -0.39 is 0 Å². The van der Waals surface area contributed by atoms with Crippen LogP contribution in [0.4, 0.5) is 0 Å². The Kier molecular flexibility index (Phi) is 7.53. The molecule has 0 aliphatic heterocycles.